The van der Waals surface area contributed by atoms with Crippen LogP contribution in [0.2, 0.25) is 0 Å². The Balaban J connectivity index is 1.02. The monoisotopic (exact) mass is 686 g/mol. The van der Waals surface area contributed by atoms with Gasteiger partial charge in [-0.25, -0.2) is 0 Å². The molecule has 2 aromatic heterocycles. The predicted molar refractivity (Wildman–Crippen MR) is 229 cm³/mol. The Morgan fingerprint density at radius 2 is 0.667 bits per heavy atom. The highest BCUT2D eigenvalue weighted by Crippen LogP contribution is 2.39. The molecule has 0 N–H and O–H groups in total. The molecule has 0 spiro atoms. The second-order valence-electron chi connectivity index (χ2n) is 14.2. The molecule has 0 unspecified atom stereocenters. The first-order valence-corrected chi connectivity index (χ1v) is 18.6. The van der Waals surface area contributed by atoms with Crippen molar-refractivity contribution < 1.29 is 0 Å². The van der Waals surface area contributed by atoms with Crippen molar-refractivity contribution >= 4 is 54.4 Å². The van der Waals surface area contributed by atoms with Crippen molar-refractivity contribution in [2.24, 2.45) is 0 Å². The van der Waals surface area contributed by atoms with Crippen LogP contribution in [0.5, 0.6) is 0 Å². The molecular weight excluding hydrogens is 653 g/mol. The highest BCUT2D eigenvalue weighted by Gasteiger charge is 2.16. The van der Waals surface area contributed by atoms with Gasteiger partial charge in [0.25, 0.3) is 0 Å². The smallest absolute Gasteiger partial charge is 0.0541 e. The Hall–Kier alpha value is -7.16. The van der Waals surface area contributed by atoms with Gasteiger partial charge >= 0.3 is 0 Å². The summed E-state index contributed by atoms with van der Waals surface area (Å²) in [6.45, 7) is 0. The van der Waals surface area contributed by atoms with Crippen molar-refractivity contribution in [1.82, 2.24) is 9.13 Å². The third-order valence-corrected chi connectivity index (χ3v) is 11.1. The Morgan fingerprint density at radius 1 is 0.222 bits per heavy atom. The lowest BCUT2D eigenvalue weighted by molar-refractivity contribution is 1.18. The van der Waals surface area contributed by atoms with Crippen molar-refractivity contribution in [3.05, 3.63) is 206 Å². The van der Waals surface area contributed by atoms with Crippen LogP contribution >= 0.6 is 0 Å². The molecule has 0 atom stereocenters. The van der Waals surface area contributed by atoms with Gasteiger partial charge < -0.3 is 9.13 Å². The van der Waals surface area contributed by atoms with Gasteiger partial charge in [-0.2, -0.15) is 0 Å². The maximum absolute atomic E-state index is 2.42. The van der Waals surface area contributed by atoms with E-state index in [1.807, 2.05) is 0 Å². The molecule has 11 aromatic rings. The summed E-state index contributed by atoms with van der Waals surface area (Å²) in [4.78, 5) is 0. The zero-order valence-electron chi connectivity index (χ0n) is 29.5. The van der Waals surface area contributed by atoms with E-state index in [1.54, 1.807) is 0 Å². The minimum atomic E-state index is 1.15. The molecule has 0 amide bonds. The second kappa shape index (κ2) is 12.2. The maximum Gasteiger partial charge on any atom is 0.0541 e. The van der Waals surface area contributed by atoms with Crippen LogP contribution in [0.1, 0.15) is 0 Å². The Labute approximate surface area is 313 Å². The van der Waals surface area contributed by atoms with E-state index >= 15 is 0 Å². The number of hydrogen-bond donors (Lipinski definition) is 0. The summed E-state index contributed by atoms with van der Waals surface area (Å²) in [5.74, 6) is 0. The summed E-state index contributed by atoms with van der Waals surface area (Å²) in [6.07, 6.45) is 0. The standard InChI is InChI=1S/C52H34N2/c1-2-17-43(18-3-1)53-49-22-8-6-20-45(49)47-33-41(26-28-51(47)53)42-27-29-52-48(34-42)46-21-7-9-23-50(46)54(52)44-19-11-16-39(32-44)37-14-10-15-38(31-37)40-25-24-35-12-4-5-13-36(35)30-40/h1-34H. The van der Waals surface area contributed by atoms with Gasteiger partial charge in [0.05, 0.1) is 22.1 Å². The molecule has 0 saturated heterocycles. The van der Waals surface area contributed by atoms with Gasteiger partial charge in [0.1, 0.15) is 0 Å². The van der Waals surface area contributed by atoms with Crippen molar-refractivity contribution in [3.63, 3.8) is 0 Å². The van der Waals surface area contributed by atoms with E-state index in [0.29, 0.717) is 0 Å². The number of aromatic nitrogens is 2. The van der Waals surface area contributed by atoms with Crippen LogP contribution in [0.4, 0.5) is 0 Å². The highest BCUT2D eigenvalue weighted by molar-refractivity contribution is 6.12. The Bertz CT molecular complexity index is 3220. The molecular formula is C52H34N2. The molecule has 0 aliphatic heterocycles. The van der Waals surface area contributed by atoms with E-state index in [-0.39, 0.29) is 0 Å². The lowest BCUT2D eigenvalue weighted by Gasteiger charge is -2.12. The van der Waals surface area contributed by atoms with Crippen LogP contribution in [-0.4, -0.2) is 9.13 Å². The Kier molecular flexibility index (Phi) is 6.90. The van der Waals surface area contributed by atoms with Gasteiger partial charge in [-0.3, -0.25) is 0 Å². The normalized spacial score (nSPS) is 11.7. The van der Waals surface area contributed by atoms with E-state index < -0.39 is 0 Å². The average Bonchev–Trinajstić information content (AvgIpc) is 3.76. The van der Waals surface area contributed by atoms with E-state index in [2.05, 4.69) is 215 Å². The summed E-state index contributed by atoms with van der Waals surface area (Å²) < 4.78 is 4.79. The van der Waals surface area contributed by atoms with Crippen molar-refractivity contribution in [2.75, 3.05) is 0 Å². The van der Waals surface area contributed by atoms with Gasteiger partial charge in [-0.1, -0.05) is 133 Å². The summed E-state index contributed by atoms with van der Waals surface area (Å²) >= 11 is 0. The molecule has 54 heavy (non-hydrogen) atoms. The summed E-state index contributed by atoms with van der Waals surface area (Å²) in [6, 6.07) is 75.2. The third-order valence-electron chi connectivity index (χ3n) is 11.1. The lowest BCUT2D eigenvalue weighted by Crippen LogP contribution is -1.94. The first kappa shape index (κ1) is 30.5. The van der Waals surface area contributed by atoms with Crippen molar-refractivity contribution in [1.29, 1.82) is 0 Å². The van der Waals surface area contributed by atoms with Crippen LogP contribution < -0.4 is 0 Å². The summed E-state index contributed by atoms with van der Waals surface area (Å²) in [5, 5.41) is 7.54. The van der Waals surface area contributed by atoms with Crippen molar-refractivity contribution in [3.8, 4) is 44.8 Å². The third kappa shape index (κ3) is 4.88. The molecule has 2 heterocycles. The number of nitrogens with zero attached hydrogens (tertiary/aromatic N) is 2. The zero-order chi connectivity index (χ0) is 35.6. The molecule has 2 nitrogen and oxygen atoms in total. The number of fused-ring (bicyclic) bond motifs is 7. The fraction of sp³-hybridized carbons (Fsp3) is 0. The zero-order valence-corrected chi connectivity index (χ0v) is 29.5. The second-order valence-corrected chi connectivity index (χ2v) is 14.2. The molecule has 0 saturated carbocycles. The van der Waals surface area contributed by atoms with Gasteiger partial charge in [0.2, 0.25) is 0 Å². The molecule has 0 fully saturated rings. The molecule has 2 heteroatoms. The molecule has 11 rings (SSSR count). The van der Waals surface area contributed by atoms with Gasteiger partial charge in [-0.15, -0.1) is 0 Å². The van der Waals surface area contributed by atoms with E-state index in [0.717, 1.165) is 5.69 Å². The van der Waals surface area contributed by atoms with E-state index in [9.17, 15) is 0 Å². The average molecular weight is 687 g/mol. The minimum Gasteiger partial charge on any atom is -0.309 e. The van der Waals surface area contributed by atoms with Gasteiger partial charge in [0, 0.05) is 32.9 Å². The fourth-order valence-corrected chi connectivity index (χ4v) is 8.51. The van der Waals surface area contributed by atoms with Crippen LogP contribution in [0, 0.1) is 0 Å². The number of benzene rings is 9. The molecule has 252 valence electrons. The first-order chi connectivity index (χ1) is 26.8. The van der Waals surface area contributed by atoms with Crippen LogP contribution in [-0.2, 0) is 0 Å². The summed E-state index contributed by atoms with van der Waals surface area (Å²) in [7, 11) is 0. The van der Waals surface area contributed by atoms with Crippen LogP contribution in [0.15, 0.2) is 206 Å². The fourth-order valence-electron chi connectivity index (χ4n) is 8.51. The minimum absolute atomic E-state index is 1.15. The van der Waals surface area contributed by atoms with E-state index in [4.69, 9.17) is 0 Å². The van der Waals surface area contributed by atoms with Gasteiger partial charge in [0.15, 0.2) is 0 Å². The Morgan fingerprint density at radius 3 is 1.33 bits per heavy atom. The number of rotatable bonds is 5. The number of hydrogen-bond acceptors (Lipinski definition) is 0. The largest absolute Gasteiger partial charge is 0.309 e. The molecule has 0 aliphatic carbocycles. The van der Waals surface area contributed by atoms with Gasteiger partial charge in [-0.05, 0) is 117 Å². The predicted octanol–water partition coefficient (Wildman–Crippen LogP) is 14.0. The quantitative estimate of drug-likeness (QED) is 0.171. The van der Waals surface area contributed by atoms with Crippen LogP contribution in [0.25, 0.3) is 99.1 Å². The number of para-hydroxylation sites is 3. The molecule has 9 aromatic carbocycles. The molecule has 0 aliphatic rings. The molecule has 0 bridgehead atoms. The molecule has 0 radical (unpaired) electrons. The first-order valence-electron chi connectivity index (χ1n) is 18.6. The maximum atomic E-state index is 2.42. The van der Waals surface area contributed by atoms with E-state index in [1.165, 1.54) is 93.5 Å². The topological polar surface area (TPSA) is 9.86 Å². The SMILES string of the molecule is c1ccc(-n2c3ccccc3c3cc(-c4ccc5c(c4)c4ccccc4n5-c4cccc(-c5cccc(-c6ccc7ccccc7c6)c5)c4)ccc32)cc1. The van der Waals surface area contributed by atoms with Crippen molar-refractivity contribution in [2.45, 2.75) is 0 Å². The van der Waals surface area contributed by atoms with Crippen LogP contribution in [0.3, 0.4) is 0 Å². The summed E-state index contributed by atoms with van der Waals surface area (Å²) in [5.41, 5.74) is 14.4. The lowest BCUT2D eigenvalue weighted by atomic mass is 9.97. The highest BCUT2D eigenvalue weighted by atomic mass is 15.0.